The summed E-state index contributed by atoms with van der Waals surface area (Å²) in [6.45, 7) is 30.7. The summed E-state index contributed by atoms with van der Waals surface area (Å²) in [5.74, 6) is 0.759. The van der Waals surface area contributed by atoms with Gasteiger partial charge in [0.2, 0.25) is 0 Å². The van der Waals surface area contributed by atoms with Gasteiger partial charge < -0.3 is 0 Å². The van der Waals surface area contributed by atoms with Crippen molar-refractivity contribution in [3.05, 3.63) is 535 Å². The number of benzene rings is 12. The summed E-state index contributed by atoms with van der Waals surface area (Å²) < 4.78 is 0. The van der Waals surface area contributed by atoms with Crippen molar-refractivity contribution in [2.45, 2.75) is 111 Å². The van der Waals surface area contributed by atoms with Gasteiger partial charge in [-0.3, -0.25) is 29.9 Å². The van der Waals surface area contributed by atoms with Crippen LogP contribution in [0.2, 0.25) is 0 Å². The van der Waals surface area contributed by atoms with Crippen LogP contribution in [0.25, 0.3) is 65.4 Å². The zero-order chi connectivity index (χ0) is 92.1. The monoisotopic (exact) mass is 1710 g/mol. The summed E-state index contributed by atoms with van der Waals surface area (Å²) in [7, 11) is 0. The quantitative estimate of drug-likeness (QED) is 0.141. The van der Waals surface area contributed by atoms with Crippen LogP contribution in [0, 0.1) is 104 Å². The van der Waals surface area contributed by atoms with E-state index >= 15 is 0 Å². The molecule has 9 aromatic heterocycles. The zero-order valence-electron chi connectivity index (χ0n) is 77.0. The topological polar surface area (TPSA) is 168 Å². The molecule has 0 unspecified atom stereocenters. The molecule has 21 rings (SSSR count). The molecule has 0 aliphatic heterocycles. The molecular formula is C117H123N13. The third kappa shape index (κ3) is 43.7. The third-order valence-electron chi connectivity index (χ3n) is 18.4. The third-order valence-corrected chi connectivity index (χ3v) is 18.4. The first-order chi connectivity index (χ1) is 62.7. The van der Waals surface area contributed by atoms with Crippen LogP contribution in [0.15, 0.2) is 451 Å². The first-order valence-electron chi connectivity index (χ1n) is 42.7. The van der Waals surface area contributed by atoms with Gasteiger partial charge in [0, 0.05) is 93.8 Å². The SMILES string of the molecule is C.Cc1ccc2cccnc2c1.Cc1ccc2cccnc2c1.Cc1ccc2ncccc2c1.Cc1ccc2ncccc2c1.Cc1cccc2cccnc12.Cc1cccc2ncccc12.Cc1ccccc1.Cc1ccccc1.Cc1ccccc1.Cc1ccccc1.Cc1ccccc1.Cc1ccccc1.Cc1ccncn1.Cc1cncnc1.Cc1ncncn1. The number of rotatable bonds is 0. The Morgan fingerprint density at radius 3 is 0.815 bits per heavy atom. The van der Waals surface area contributed by atoms with Crippen LogP contribution >= 0.6 is 0 Å². The number of fused-ring (bicyclic) bond motifs is 6. The van der Waals surface area contributed by atoms with Gasteiger partial charge >= 0.3 is 0 Å². The molecule has 21 aromatic rings. The Labute approximate surface area is 771 Å². The van der Waals surface area contributed by atoms with Gasteiger partial charge in [0.05, 0.1) is 33.1 Å². The Hall–Kier alpha value is -15.7. The predicted octanol–water partition coefficient (Wildman–Crippen LogP) is 29.6. The van der Waals surface area contributed by atoms with Gasteiger partial charge in [-0.25, -0.2) is 34.9 Å². The fourth-order valence-corrected chi connectivity index (χ4v) is 11.5. The molecule has 0 saturated carbocycles. The molecule has 0 radical (unpaired) electrons. The van der Waals surface area contributed by atoms with E-state index in [9.17, 15) is 0 Å². The second-order valence-corrected chi connectivity index (χ2v) is 30.0. The van der Waals surface area contributed by atoms with Gasteiger partial charge in [-0.15, -0.1) is 0 Å². The predicted molar refractivity (Wildman–Crippen MR) is 551 cm³/mol. The van der Waals surface area contributed by atoms with Crippen LogP contribution in [0.4, 0.5) is 0 Å². The fourth-order valence-electron chi connectivity index (χ4n) is 11.5. The van der Waals surface area contributed by atoms with Gasteiger partial charge in [0.1, 0.15) is 31.1 Å². The van der Waals surface area contributed by atoms with Crippen molar-refractivity contribution in [2.24, 2.45) is 0 Å². The van der Waals surface area contributed by atoms with Crippen molar-refractivity contribution in [1.29, 1.82) is 0 Å². The molecule has 0 aliphatic rings. The number of hydrogen-bond donors (Lipinski definition) is 0. The van der Waals surface area contributed by atoms with Crippen molar-refractivity contribution < 1.29 is 0 Å². The van der Waals surface area contributed by atoms with Gasteiger partial charge in [-0.05, 0) is 217 Å². The van der Waals surface area contributed by atoms with Crippen molar-refractivity contribution >= 4 is 65.4 Å². The van der Waals surface area contributed by atoms with E-state index in [-0.39, 0.29) is 7.43 Å². The highest BCUT2D eigenvalue weighted by Crippen LogP contribution is 2.18. The Balaban J connectivity index is 0.000000215. The van der Waals surface area contributed by atoms with E-state index in [1.165, 1.54) is 124 Å². The van der Waals surface area contributed by atoms with Crippen LogP contribution in [0.1, 0.15) is 91.3 Å². The molecule has 0 aliphatic carbocycles. The minimum absolute atomic E-state index is 0. The van der Waals surface area contributed by atoms with Crippen molar-refractivity contribution in [3.63, 3.8) is 0 Å². The Morgan fingerprint density at radius 1 is 0.169 bits per heavy atom. The van der Waals surface area contributed by atoms with Gasteiger partial charge in [0.25, 0.3) is 0 Å². The van der Waals surface area contributed by atoms with Gasteiger partial charge in [-0.1, -0.05) is 337 Å². The molecule has 0 bridgehead atoms. The number of pyridine rings is 6. The molecule has 12 aromatic carbocycles. The average Bonchev–Trinajstić information content (AvgIpc) is 0.814. The average molecular weight is 1710 g/mol. The number of nitrogens with zero attached hydrogens (tertiary/aromatic N) is 13. The van der Waals surface area contributed by atoms with Gasteiger partial charge in [0.15, 0.2) is 0 Å². The van der Waals surface area contributed by atoms with E-state index in [4.69, 9.17) is 0 Å². The summed E-state index contributed by atoms with van der Waals surface area (Å²) in [5, 5.41) is 7.30. The summed E-state index contributed by atoms with van der Waals surface area (Å²) in [5.41, 5.74) is 24.1. The van der Waals surface area contributed by atoms with E-state index in [0.29, 0.717) is 0 Å². The standard InChI is InChI=1S/6C10H9N.6C7H8.2C5H6N2.C4H5N3.CH4/c1-8-4-2-6-10-9(8)5-3-7-11-10;1-8-4-2-5-9-6-3-7-11-10(8)9;2*1-8-4-5-10-9(7-8)3-2-6-11-10;2*1-8-4-5-9-3-2-6-11-10(9)7-8;6*1-7-5-3-2-4-6-7;1-5-2-6-4-7-3-5;1-5-2-3-6-4-7-5;1-4-6-2-5-3-7-4;/h6*2-7H,1H3;6*2-6H,1H3;2*2-4H,1H3;2-3H,1H3;1H4. The first kappa shape index (κ1) is 103. The van der Waals surface area contributed by atoms with Gasteiger partial charge in [-0.2, -0.15) is 0 Å². The van der Waals surface area contributed by atoms with E-state index in [1.54, 1.807) is 18.6 Å². The number of aromatic nitrogens is 13. The maximum Gasteiger partial charge on any atom is 0.128 e. The molecule has 0 amide bonds. The van der Waals surface area contributed by atoms with E-state index < -0.39 is 0 Å². The second-order valence-electron chi connectivity index (χ2n) is 30.0. The van der Waals surface area contributed by atoms with Crippen LogP contribution in [-0.2, 0) is 0 Å². The Bertz CT molecular complexity index is 5580. The minimum Gasteiger partial charge on any atom is -0.256 e. The van der Waals surface area contributed by atoms with E-state index in [2.05, 4.69) is 342 Å². The van der Waals surface area contributed by atoms with E-state index in [1.807, 2.05) is 234 Å². The molecule has 656 valence electrons. The second kappa shape index (κ2) is 61.6. The van der Waals surface area contributed by atoms with Crippen molar-refractivity contribution in [2.75, 3.05) is 0 Å². The van der Waals surface area contributed by atoms with Crippen LogP contribution < -0.4 is 0 Å². The van der Waals surface area contributed by atoms with E-state index in [0.717, 1.165) is 50.2 Å². The summed E-state index contributed by atoms with van der Waals surface area (Å²) in [4.78, 5) is 51.7. The summed E-state index contributed by atoms with van der Waals surface area (Å²) >= 11 is 0. The molecule has 0 fully saturated rings. The molecule has 9 heterocycles. The molecule has 13 heteroatoms. The molecule has 0 atom stereocenters. The number of hydrogen-bond acceptors (Lipinski definition) is 13. The maximum atomic E-state index is 4.28. The van der Waals surface area contributed by atoms with Crippen molar-refractivity contribution in [1.82, 2.24) is 64.8 Å². The largest absolute Gasteiger partial charge is 0.256 e. The summed E-state index contributed by atoms with van der Waals surface area (Å²) in [6.07, 6.45) is 22.2. The van der Waals surface area contributed by atoms with Crippen LogP contribution in [-0.4, -0.2) is 64.8 Å². The van der Waals surface area contributed by atoms with Crippen molar-refractivity contribution in [3.8, 4) is 0 Å². The summed E-state index contributed by atoms with van der Waals surface area (Å²) in [6, 6.07) is 125. The molecule has 0 N–H and O–H groups in total. The molecule has 0 saturated heterocycles. The molecular weight excluding hydrogens is 1590 g/mol. The highest BCUT2D eigenvalue weighted by Gasteiger charge is 1.98. The highest BCUT2D eigenvalue weighted by molar-refractivity contribution is 5.83. The normalized spacial score (nSPS) is 9.44. The van der Waals surface area contributed by atoms with Crippen LogP contribution in [0.3, 0.4) is 0 Å². The molecule has 13 nitrogen and oxygen atoms in total. The smallest absolute Gasteiger partial charge is 0.128 e. The fraction of sp³-hybridized carbons (Fsp3) is 0.137. The Kier molecular flexibility index (Phi) is 48.8. The lowest BCUT2D eigenvalue weighted by Gasteiger charge is -1.97. The maximum absolute atomic E-state index is 4.28. The van der Waals surface area contributed by atoms with Crippen LogP contribution in [0.5, 0.6) is 0 Å². The number of aryl methyl sites for hydroxylation is 15. The minimum atomic E-state index is 0. The molecule has 130 heavy (non-hydrogen) atoms. The lowest BCUT2D eigenvalue weighted by molar-refractivity contribution is 0.974. The highest BCUT2D eigenvalue weighted by atomic mass is 15.0. The first-order valence-corrected chi connectivity index (χ1v) is 42.7. The lowest BCUT2D eigenvalue weighted by Crippen LogP contribution is -1.84. The Morgan fingerprint density at radius 2 is 0.492 bits per heavy atom. The zero-order valence-corrected chi connectivity index (χ0v) is 77.0. The number of para-hydroxylation sites is 1. The molecule has 0 spiro atoms. The lowest BCUT2D eigenvalue weighted by atomic mass is 10.1.